The summed E-state index contributed by atoms with van der Waals surface area (Å²) in [4.78, 5) is 28.7. The van der Waals surface area contributed by atoms with E-state index in [2.05, 4.69) is 49.4 Å². The van der Waals surface area contributed by atoms with Crippen molar-refractivity contribution in [3.05, 3.63) is 69.3 Å². The van der Waals surface area contributed by atoms with Gasteiger partial charge in [0.15, 0.2) is 5.65 Å². The van der Waals surface area contributed by atoms with Crippen molar-refractivity contribution in [2.75, 3.05) is 23.7 Å². The predicted molar refractivity (Wildman–Crippen MR) is 169 cm³/mol. The van der Waals surface area contributed by atoms with Crippen LogP contribution >= 0.6 is 34.8 Å². The zero-order valence-corrected chi connectivity index (χ0v) is 25.3. The lowest BCUT2D eigenvalue weighted by Crippen LogP contribution is -2.41. The standard InChI is InChI=1S/C30H33Cl3N8O/c31-20-13-23(32)26(24(33)14-20)38-30-37-25-15-35-29(39-28(25)41(30)22-10-8-19(9-11-22)27(34)42)36-21-7-4-12-40(17-21)16-18-5-2-1-3-6-18/h1-3,5-6,13-15,19,21-22H,4,7-12,16-17H2,(H2,34,42)(H,37,38)(H,35,36,39). The number of aromatic nitrogens is 4. The van der Waals surface area contributed by atoms with E-state index < -0.39 is 0 Å². The Labute approximate surface area is 259 Å². The Morgan fingerprint density at radius 1 is 1.00 bits per heavy atom. The van der Waals surface area contributed by atoms with Crippen LogP contribution in [-0.2, 0) is 11.3 Å². The number of carbonyl (C=O) groups is 1. The summed E-state index contributed by atoms with van der Waals surface area (Å²) < 4.78 is 2.09. The van der Waals surface area contributed by atoms with Crippen molar-refractivity contribution in [2.24, 2.45) is 11.7 Å². The third kappa shape index (κ3) is 6.44. The third-order valence-corrected chi connectivity index (χ3v) is 9.04. The van der Waals surface area contributed by atoms with Crippen molar-refractivity contribution in [2.45, 2.75) is 57.2 Å². The number of benzene rings is 2. The van der Waals surface area contributed by atoms with Gasteiger partial charge in [-0.15, -0.1) is 0 Å². The molecular formula is C30H33Cl3N8O. The van der Waals surface area contributed by atoms with Crippen molar-refractivity contribution in [1.82, 2.24) is 24.4 Å². The van der Waals surface area contributed by atoms with Gasteiger partial charge in [0.05, 0.1) is 21.9 Å². The molecule has 2 aliphatic rings. The number of hydrogen-bond donors (Lipinski definition) is 3. The molecule has 1 aliphatic carbocycles. The summed E-state index contributed by atoms with van der Waals surface area (Å²) in [5, 5.41) is 8.12. The molecule has 12 heteroatoms. The average Bonchev–Trinajstić information content (AvgIpc) is 3.33. The van der Waals surface area contributed by atoms with Crippen LogP contribution in [0.2, 0.25) is 15.1 Å². The second kappa shape index (κ2) is 12.6. The fraction of sp³-hybridized carbons (Fsp3) is 0.400. The molecular weight excluding hydrogens is 595 g/mol. The Bertz CT molecular complexity index is 1550. The fourth-order valence-corrected chi connectivity index (χ4v) is 7.04. The van der Waals surface area contributed by atoms with Gasteiger partial charge in [0, 0.05) is 36.1 Å². The van der Waals surface area contributed by atoms with Gasteiger partial charge in [-0.1, -0.05) is 65.1 Å². The number of carbonyl (C=O) groups excluding carboxylic acids is 1. The van der Waals surface area contributed by atoms with Crippen LogP contribution in [0.4, 0.5) is 17.6 Å². The maximum absolute atomic E-state index is 11.8. The number of halogens is 3. The first-order chi connectivity index (χ1) is 20.3. The van der Waals surface area contributed by atoms with Crippen LogP contribution in [-0.4, -0.2) is 49.5 Å². The molecule has 2 fully saturated rings. The van der Waals surface area contributed by atoms with E-state index in [0.29, 0.717) is 56.7 Å². The monoisotopic (exact) mass is 626 g/mol. The minimum absolute atomic E-state index is 0.0525. The number of nitrogens with one attached hydrogen (secondary N) is 2. The lowest BCUT2D eigenvalue weighted by atomic mass is 9.85. The number of amides is 1. The molecule has 0 radical (unpaired) electrons. The lowest BCUT2D eigenvalue weighted by molar-refractivity contribution is -0.122. The number of fused-ring (bicyclic) bond motifs is 1. The molecule has 1 unspecified atom stereocenters. The summed E-state index contributed by atoms with van der Waals surface area (Å²) in [6.07, 6.45) is 6.83. The minimum Gasteiger partial charge on any atom is -0.369 e. The van der Waals surface area contributed by atoms with E-state index in [1.807, 2.05) is 6.07 Å². The molecule has 9 nitrogen and oxygen atoms in total. The highest BCUT2D eigenvalue weighted by Gasteiger charge is 2.30. The topological polar surface area (TPSA) is 114 Å². The van der Waals surface area contributed by atoms with Gasteiger partial charge in [-0.2, -0.15) is 4.98 Å². The molecule has 0 bridgehead atoms. The molecule has 3 heterocycles. The van der Waals surface area contributed by atoms with Crippen molar-refractivity contribution in [3.8, 4) is 0 Å². The normalized spacial score (nSPS) is 21.4. The third-order valence-electron chi connectivity index (χ3n) is 8.23. The number of nitrogens with zero attached hydrogens (tertiary/aromatic N) is 5. The summed E-state index contributed by atoms with van der Waals surface area (Å²) in [6, 6.07) is 14.1. The van der Waals surface area contributed by atoms with E-state index in [4.69, 9.17) is 50.5 Å². The highest BCUT2D eigenvalue weighted by molar-refractivity contribution is 6.41. The fourth-order valence-electron chi connectivity index (χ4n) is 6.13. The van der Waals surface area contributed by atoms with Crippen LogP contribution in [0.1, 0.15) is 50.1 Å². The van der Waals surface area contributed by atoms with Crippen molar-refractivity contribution >= 4 is 69.5 Å². The molecule has 42 heavy (non-hydrogen) atoms. The predicted octanol–water partition coefficient (Wildman–Crippen LogP) is 6.82. The summed E-state index contributed by atoms with van der Waals surface area (Å²) in [6.45, 7) is 2.90. The van der Waals surface area contributed by atoms with E-state index >= 15 is 0 Å². The van der Waals surface area contributed by atoms with E-state index in [1.165, 1.54) is 5.56 Å². The molecule has 4 N–H and O–H groups in total. The first-order valence-corrected chi connectivity index (χ1v) is 15.5. The number of hydrogen-bond acceptors (Lipinski definition) is 7. The Kier molecular flexibility index (Phi) is 8.72. The second-order valence-electron chi connectivity index (χ2n) is 11.2. The molecule has 220 valence electrons. The Hall–Kier alpha value is -3.11. The zero-order chi connectivity index (χ0) is 29.2. The van der Waals surface area contributed by atoms with Gasteiger partial charge in [-0.05, 0) is 62.8 Å². The van der Waals surface area contributed by atoms with Gasteiger partial charge in [0.1, 0.15) is 5.52 Å². The molecule has 4 aromatic rings. The number of anilines is 3. The maximum atomic E-state index is 11.8. The quantitative estimate of drug-likeness (QED) is 0.196. The van der Waals surface area contributed by atoms with Crippen molar-refractivity contribution in [3.63, 3.8) is 0 Å². The van der Waals surface area contributed by atoms with Gasteiger partial charge in [-0.3, -0.25) is 14.3 Å². The summed E-state index contributed by atoms with van der Waals surface area (Å²) in [5.41, 5.74) is 8.79. The van der Waals surface area contributed by atoms with Gasteiger partial charge < -0.3 is 16.4 Å². The largest absolute Gasteiger partial charge is 0.369 e. The number of piperidine rings is 1. The van der Waals surface area contributed by atoms with Gasteiger partial charge in [0.2, 0.25) is 17.8 Å². The number of primary amides is 1. The molecule has 1 aliphatic heterocycles. The number of rotatable bonds is 8. The minimum atomic E-state index is -0.246. The summed E-state index contributed by atoms with van der Waals surface area (Å²) in [5.74, 6) is 0.751. The number of imidazole rings is 1. The first-order valence-electron chi connectivity index (χ1n) is 14.3. The van der Waals surface area contributed by atoms with Gasteiger partial charge in [0.25, 0.3) is 0 Å². The molecule has 1 atom stereocenters. The number of likely N-dealkylation sites (tertiary alicyclic amines) is 1. The van der Waals surface area contributed by atoms with Gasteiger partial charge >= 0.3 is 0 Å². The summed E-state index contributed by atoms with van der Waals surface area (Å²) >= 11 is 19.2. The number of nitrogens with two attached hydrogens (primary N) is 1. The second-order valence-corrected chi connectivity index (χ2v) is 12.4. The van der Waals surface area contributed by atoms with Crippen LogP contribution in [0.25, 0.3) is 11.2 Å². The van der Waals surface area contributed by atoms with E-state index in [0.717, 1.165) is 45.3 Å². The molecule has 1 amide bonds. The lowest BCUT2D eigenvalue weighted by Gasteiger charge is -2.33. The molecule has 1 saturated carbocycles. The smallest absolute Gasteiger partial charge is 0.225 e. The van der Waals surface area contributed by atoms with Crippen LogP contribution in [0.15, 0.2) is 48.7 Å². The summed E-state index contributed by atoms with van der Waals surface area (Å²) in [7, 11) is 0. The van der Waals surface area contributed by atoms with E-state index in [-0.39, 0.29) is 23.9 Å². The Morgan fingerprint density at radius 3 is 2.45 bits per heavy atom. The van der Waals surface area contributed by atoms with E-state index in [9.17, 15) is 4.79 Å². The Morgan fingerprint density at radius 2 is 1.74 bits per heavy atom. The molecule has 1 saturated heterocycles. The maximum Gasteiger partial charge on any atom is 0.225 e. The van der Waals surface area contributed by atoms with Crippen LogP contribution in [0.5, 0.6) is 0 Å². The van der Waals surface area contributed by atoms with Crippen LogP contribution in [0, 0.1) is 5.92 Å². The molecule has 0 spiro atoms. The Balaban J connectivity index is 1.28. The SMILES string of the molecule is NC(=O)C1CCC(n2c(Nc3c(Cl)cc(Cl)cc3Cl)nc3cnc(NC4CCCN(Cc5ccccc5)C4)nc32)CC1. The average molecular weight is 628 g/mol. The zero-order valence-electron chi connectivity index (χ0n) is 23.1. The first kappa shape index (κ1) is 29.0. The van der Waals surface area contributed by atoms with Crippen LogP contribution in [0.3, 0.4) is 0 Å². The van der Waals surface area contributed by atoms with Crippen molar-refractivity contribution < 1.29 is 4.79 Å². The molecule has 2 aromatic carbocycles. The highest BCUT2D eigenvalue weighted by atomic mass is 35.5. The molecule has 6 rings (SSSR count). The van der Waals surface area contributed by atoms with Gasteiger partial charge in [-0.25, -0.2) is 9.97 Å². The van der Waals surface area contributed by atoms with Crippen molar-refractivity contribution in [1.29, 1.82) is 0 Å². The molecule has 2 aromatic heterocycles. The highest BCUT2D eigenvalue weighted by Crippen LogP contribution is 2.40. The van der Waals surface area contributed by atoms with E-state index in [1.54, 1.807) is 18.3 Å². The van der Waals surface area contributed by atoms with Crippen LogP contribution < -0.4 is 16.4 Å².